The fourth-order valence-corrected chi connectivity index (χ4v) is 1.32. The predicted octanol–water partition coefficient (Wildman–Crippen LogP) is 2.29. The number of carboxylic acid groups (broad SMARTS) is 1. The second kappa shape index (κ2) is 4.70. The molecule has 0 unspecified atom stereocenters. The fraction of sp³-hybridized carbons (Fsp3) is 0. The number of pyridine rings is 1. The smallest absolute Gasteiger partial charge is 0.354 e. The van der Waals surface area contributed by atoms with Gasteiger partial charge in [-0.3, -0.25) is 0 Å². The molecule has 0 bridgehead atoms. The van der Waals surface area contributed by atoms with Crippen LogP contribution < -0.4 is 10.5 Å². The van der Waals surface area contributed by atoms with Crippen LogP contribution in [0.25, 0.3) is 0 Å². The van der Waals surface area contributed by atoms with Crippen LogP contribution in [0.1, 0.15) is 10.5 Å². The number of aromatic nitrogens is 1. The summed E-state index contributed by atoms with van der Waals surface area (Å²) in [4.78, 5) is 14.3. The Hall–Kier alpha value is -2.63. The van der Waals surface area contributed by atoms with Crippen LogP contribution in [0.3, 0.4) is 0 Å². The van der Waals surface area contributed by atoms with Gasteiger partial charge in [-0.2, -0.15) is 0 Å². The molecule has 0 aliphatic heterocycles. The molecule has 1 aromatic heterocycles. The largest absolute Gasteiger partial charge is 0.477 e. The quantitative estimate of drug-likeness (QED) is 0.814. The number of halogens is 1. The minimum atomic E-state index is -1.18. The van der Waals surface area contributed by atoms with Gasteiger partial charge in [0.1, 0.15) is 5.75 Å². The van der Waals surface area contributed by atoms with Crippen molar-refractivity contribution in [1.82, 2.24) is 4.98 Å². The maximum absolute atomic E-state index is 13.5. The van der Waals surface area contributed by atoms with Crippen molar-refractivity contribution in [2.24, 2.45) is 0 Å². The number of aromatic carboxylic acids is 1. The number of anilines is 1. The van der Waals surface area contributed by atoms with E-state index in [0.717, 1.165) is 6.07 Å². The summed E-state index contributed by atoms with van der Waals surface area (Å²) in [6.07, 6.45) is 1.27. The Morgan fingerprint density at radius 3 is 2.78 bits per heavy atom. The Morgan fingerprint density at radius 2 is 2.11 bits per heavy atom. The number of carbonyl (C=O) groups is 1. The van der Waals surface area contributed by atoms with E-state index in [-0.39, 0.29) is 22.9 Å². The van der Waals surface area contributed by atoms with Crippen molar-refractivity contribution in [2.45, 2.75) is 0 Å². The third kappa shape index (κ3) is 2.54. The lowest BCUT2D eigenvalue weighted by molar-refractivity contribution is 0.0690. The molecule has 2 aromatic rings. The van der Waals surface area contributed by atoms with Gasteiger partial charge < -0.3 is 15.6 Å². The summed E-state index contributed by atoms with van der Waals surface area (Å²) < 4.78 is 18.7. The summed E-state index contributed by atoms with van der Waals surface area (Å²) in [7, 11) is 0. The Balaban J connectivity index is 2.28. The van der Waals surface area contributed by atoms with E-state index in [1.165, 1.54) is 30.5 Å². The average Bonchev–Trinajstić information content (AvgIpc) is 2.33. The van der Waals surface area contributed by atoms with E-state index in [1.807, 2.05) is 0 Å². The first-order valence-electron chi connectivity index (χ1n) is 4.98. The van der Waals surface area contributed by atoms with Gasteiger partial charge in [0.05, 0.1) is 0 Å². The maximum Gasteiger partial charge on any atom is 0.354 e. The van der Waals surface area contributed by atoms with Crippen molar-refractivity contribution in [2.75, 3.05) is 5.73 Å². The van der Waals surface area contributed by atoms with E-state index in [1.54, 1.807) is 0 Å². The first kappa shape index (κ1) is 11.8. The van der Waals surface area contributed by atoms with Crippen molar-refractivity contribution >= 4 is 11.7 Å². The second-order valence-corrected chi connectivity index (χ2v) is 3.47. The summed E-state index contributed by atoms with van der Waals surface area (Å²) in [6, 6.07) is 6.61. The molecule has 92 valence electrons. The van der Waals surface area contributed by atoms with Crippen LogP contribution in [0.2, 0.25) is 0 Å². The molecular formula is C12H9FN2O3. The van der Waals surface area contributed by atoms with Gasteiger partial charge in [-0.05, 0) is 18.2 Å². The van der Waals surface area contributed by atoms with E-state index in [2.05, 4.69) is 4.98 Å². The second-order valence-electron chi connectivity index (χ2n) is 3.47. The van der Waals surface area contributed by atoms with Gasteiger partial charge in [-0.15, -0.1) is 0 Å². The van der Waals surface area contributed by atoms with Crippen LogP contribution in [0, 0.1) is 5.82 Å². The number of carboxylic acids is 1. The van der Waals surface area contributed by atoms with Crippen LogP contribution in [-0.2, 0) is 0 Å². The summed E-state index contributed by atoms with van der Waals surface area (Å²) in [5.41, 5.74) is 5.50. The topological polar surface area (TPSA) is 85.4 Å². The highest BCUT2D eigenvalue weighted by Gasteiger charge is 2.08. The van der Waals surface area contributed by atoms with E-state index in [0.29, 0.717) is 0 Å². The van der Waals surface area contributed by atoms with Gasteiger partial charge >= 0.3 is 5.97 Å². The standard InChI is InChI=1S/C12H9FN2O3/c13-9-5-7(14)1-2-11(9)18-8-3-4-15-10(6-8)12(16)17/h1-6H,14H2,(H,16,17). The zero-order valence-electron chi connectivity index (χ0n) is 9.13. The minimum Gasteiger partial charge on any atom is -0.477 e. The van der Waals surface area contributed by atoms with Crippen molar-refractivity contribution in [3.63, 3.8) is 0 Å². The monoisotopic (exact) mass is 248 g/mol. The number of nitrogen functional groups attached to an aromatic ring is 1. The number of ether oxygens (including phenoxy) is 1. The van der Waals surface area contributed by atoms with Crippen LogP contribution in [0.5, 0.6) is 11.5 Å². The number of benzene rings is 1. The lowest BCUT2D eigenvalue weighted by Crippen LogP contribution is -2.00. The summed E-state index contributed by atoms with van der Waals surface area (Å²) >= 11 is 0. The molecule has 6 heteroatoms. The lowest BCUT2D eigenvalue weighted by atomic mass is 10.3. The SMILES string of the molecule is Nc1ccc(Oc2ccnc(C(=O)O)c2)c(F)c1. The zero-order valence-corrected chi connectivity index (χ0v) is 9.13. The maximum atomic E-state index is 13.5. The number of nitrogens with two attached hydrogens (primary N) is 1. The minimum absolute atomic E-state index is 0.0354. The molecule has 1 aromatic carbocycles. The molecule has 18 heavy (non-hydrogen) atoms. The van der Waals surface area contributed by atoms with Crippen molar-refractivity contribution in [3.8, 4) is 11.5 Å². The van der Waals surface area contributed by atoms with Crippen LogP contribution in [0.15, 0.2) is 36.5 Å². The van der Waals surface area contributed by atoms with Gasteiger partial charge in [0.25, 0.3) is 0 Å². The molecule has 3 N–H and O–H groups in total. The van der Waals surface area contributed by atoms with Crippen LogP contribution in [0.4, 0.5) is 10.1 Å². The third-order valence-electron chi connectivity index (χ3n) is 2.13. The highest BCUT2D eigenvalue weighted by atomic mass is 19.1. The molecule has 5 nitrogen and oxygen atoms in total. The highest BCUT2D eigenvalue weighted by Crippen LogP contribution is 2.25. The Kier molecular flexibility index (Phi) is 3.09. The van der Waals surface area contributed by atoms with E-state index in [9.17, 15) is 9.18 Å². The molecule has 2 rings (SSSR count). The van der Waals surface area contributed by atoms with Gasteiger partial charge in [0, 0.05) is 24.0 Å². The number of hydrogen-bond acceptors (Lipinski definition) is 4. The van der Waals surface area contributed by atoms with Gasteiger partial charge in [-0.25, -0.2) is 14.2 Å². The van der Waals surface area contributed by atoms with Crippen molar-refractivity contribution in [3.05, 3.63) is 48.0 Å². The molecule has 1 heterocycles. The Bertz CT molecular complexity index is 602. The number of rotatable bonds is 3. The van der Waals surface area contributed by atoms with Crippen molar-refractivity contribution in [1.29, 1.82) is 0 Å². The predicted molar refractivity (Wildman–Crippen MR) is 62.1 cm³/mol. The summed E-state index contributed by atoms with van der Waals surface area (Å²) in [6.45, 7) is 0. The van der Waals surface area contributed by atoms with Gasteiger partial charge in [0.15, 0.2) is 17.3 Å². The number of nitrogens with zero attached hydrogens (tertiary/aromatic N) is 1. The van der Waals surface area contributed by atoms with Gasteiger partial charge in [-0.1, -0.05) is 0 Å². The molecule has 0 radical (unpaired) electrons. The Labute approximate surface area is 102 Å². The first-order valence-corrected chi connectivity index (χ1v) is 4.98. The Morgan fingerprint density at radius 1 is 1.33 bits per heavy atom. The molecule has 0 saturated heterocycles. The van der Waals surface area contributed by atoms with Crippen molar-refractivity contribution < 1.29 is 19.0 Å². The van der Waals surface area contributed by atoms with Crippen LogP contribution >= 0.6 is 0 Å². The van der Waals surface area contributed by atoms with E-state index >= 15 is 0 Å². The normalized spacial score (nSPS) is 10.1. The molecule has 0 amide bonds. The molecule has 0 fully saturated rings. The fourth-order valence-electron chi connectivity index (χ4n) is 1.32. The first-order chi connectivity index (χ1) is 8.56. The number of hydrogen-bond donors (Lipinski definition) is 2. The van der Waals surface area contributed by atoms with Gasteiger partial charge in [0.2, 0.25) is 0 Å². The molecule has 0 aliphatic carbocycles. The van der Waals surface area contributed by atoms with E-state index in [4.69, 9.17) is 15.6 Å². The molecule has 0 saturated carbocycles. The lowest BCUT2D eigenvalue weighted by Gasteiger charge is -2.07. The van der Waals surface area contributed by atoms with Crippen LogP contribution in [-0.4, -0.2) is 16.1 Å². The zero-order chi connectivity index (χ0) is 13.1. The summed E-state index contributed by atoms with van der Waals surface area (Å²) in [5.74, 6) is -1.65. The molecular weight excluding hydrogens is 239 g/mol. The van der Waals surface area contributed by atoms with E-state index < -0.39 is 11.8 Å². The molecule has 0 atom stereocenters. The summed E-state index contributed by atoms with van der Waals surface area (Å²) in [5, 5.41) is 8.76. The highest BCUT2D eigenvalue weighted by molar-refractivity contribution is 5.85. The third-order valence-corrected chi connectivity index (χ3v) is 2.13. The molecule has 0 spiro atoms. The average molecular weight is 248 g/mol. The molecule has 0 aliphatic rings.